The van der Waals surface area contributed by atoms with Crippen molar-refractivity contribution >= 4 is 11.6 Å². The number of hydrogen-bond acceptors (Lipinski definition) is 2. The molecule has 0 heterocycles. The van der Waals surface area contributed by atoms with Gasteiger partial charge in [-0.15, -0.1) is 0 Å². The lowest BCUT2D eigenvalue weighted by molar-refractivity contribution is 0.414. The highest BCUT2D eigenvalue weighted by atomic mass is 35.5. The van der Waals surface area contributed by atoms with Crippen LogP contribution in [0.4, 0.5) is 4.39 Å². The molecule has 112 valence electrons. The Morgan fingerprint density at radius 1 is 1.10 bits per heavy atom. The van der Waals surface area contributed by atoms with Crippen molar-refractivity contribution in [3.63, 3.8) is 0 Å². The summed E-state index contributed by atoms with van der Waals surface area (Å²) in [5, 5.41) is 3.94. The maximum Gasteiger partial charge on any atom is 0.150 e. The summed E-state index contributed by atoms with van der Waals surface area (Å²) in [4.78, 5) is 0. The van der Waals surface area contributed by atoms with Gasteiger partial charge < -0.3 is 10.1 Å². The normalized spacial score (nSPS) is 11.5. The second-order valence-electron chi connectivity index (χ2n) is 5.89. The average Bonchev–Trinajstić information content (AvgIpc) is 2.41. The van der Waals surface area contributed by atoms with Gasteiger partial charge in [0.05, 0.1) is 5.02 Å². The van der Waals surface area contributed by atoms with Crippen LogP contribution in [0.5, 0.6) is 11.5 Å². The van der Waals surface area contributed by atoms with Crippen molar-refractivity contribution in [1.29, 1.82) is 0 Å². The van der Waals surface area contributed by atoms with E-state index in [2.05, 4.69) is 26.1 Å². The third-order valence-corrected chi connectivity index (χ3v) is 3.19. The second-order valence-corrected chi connectivity index (χ2v) is 6.29. The van der Waals surface area contributed by atoms with Crippen LogP contribution in [0.2, 0.25) is 5.02 Å². The first-order valence-corrected chi connectivity index (χ1v) is 7.19. The van der Waals surface area contributed by atoms with Gasteiger partial charge in [-0.05, 0) is 51.1 Å². The number of halogens is 2. The van der Waals surface area contributed by atoms with Crippen LogP contribution in [0.1, 0.15) is 26.3 Å². The lowest BCUT2D eigenvalue weighted by atomic mass is 10.1. The summed E-state index contributed by atoms with van der Waals surface area (Å²) >= 11 is 6.23. The van der Waals surface area contributed by atoms with Crippen molar-refractivity contribution in [2.45, 2.75) is 32.9 Å². The molecule has 1 N–H and O–H groups in total. The van der Waals surface area contributed by atoms with Gasteiger partial charge in [-0.3, -0.25) is 0 Å². The summed E-state index contributed by atoms with van der Waals surface area (Å²) in [7, 11) is 0. The van der Waals surface area contributed by atoms with E-state index in [1.807, 2.05) is 12.1 Å². The van der Waals surface area contributed by atoms with Crippen LogP contribution in [0.15, 0.2) is 42.5 Å². The fourth-order valence-electron chi connectivity index (χ4n) is 1.79. The molecule has 0 atom stereocenters. The maximum atomic E-state index is 12.9. The van der Waals surface area contributed by atoms with E-state index in [1.54, 1.807) is 18.2 Å². The molecular formula is C17H19ClFNO. The fourth-order valence-corrected chi connectivity index (χ4v) is 2.02. The van der Waals surface area contributed by atoms with E-state index >= 15 is 0 Å². The lowest BCUT2D eigenvalue weighted by Crippen LogP contribution is -2.35. The quantitative estimate of drug-likeness (QED) is 0.842. The van der Waals surface area contributed by atoms with Gasteiger partial charge in [0.15, 0.2) is 0 Å². The Balaban J connectivity index is 2.23. The highest BCUT2D eigenvalue weighted by Gasteiger charge is 2.13. The van der Waals surface area contributed by atoms with Gasteiger partial charge >= 0.3 is 0 Å². The molecule has 0 aliphatic heterocycles. The molecule has 0 bridgehead atoms. The molecule has 4 heteroatoms. The number of rotatable bonds is 4. The average molecular weight is 308 g/mol. The van der Waals surface area contributed by atoms with E-state index in [9.17, 15) is 4.39 Å². The highest BCUT2D eigenvalue weighted by molar-refractivity contribution is 6.32. The Bertz CT molecular complexity index is 605. The molecule has 2 aromatic rings. The molecule has 0 amide bonds. The standard InChI is InChI=1S/C17H19ClFNO/c1-17(2,3)20-11-12-5-4-6-15(18)16(12)21-14-9-7-13(19)8-10-14/h4-10,20H,11H2,1-3H3. The van der Waals surface area contributed by atoms with E-state index in [0.717, 1.165) is 5.56 Å². The summed E-state index contributed by atoms with van der Waals surface area (Å²) in [5.41, 5.74) is 0.955. The van der Waals surface area contributed by atoms with Gasteiger partial charge in [0.2, 0.25) is 0 Å². The van der Waals surface area contributed by atoms with E-state index < -0.39 is 0 Å². The Morgan fingerprint density at radius 2 is 1.76 bits per heavy atom. The van der Waals surface area contributed by atoms with Crippen molar-refractivity contribution in [3.8, 4) is 11.5 Å². The molecule has 0 fully saturated rings. The number of hydrogen-bond donors (Lipinski definition) is 1. The molecule has 0 radical (unpaired) electrons. The Hall–Kier alpha value is -1.58. The number of ether oxygens (including phenoxy) is 1. The smallest absolute Gasteiger partial charge is 0.150 e. The van der Waals surface area contributed by atoms with Crippen LogP contribution in [-0.4, -0.2) is 5.54 Å². The van der Waals surface area contributed by atoms with Crippen LogP contribution >= 0.6 is 11.6 Å². The molecule has 21 heavy (non-hydrogen) atoms. The topological polar surface area (TPSA) is 21.3 Å². The first kappa shape index (κ1) is 15.8. The van der Waals surface area contributed by atoms with Crippen molar-refractivity contribution in [3.05, 3.63) is 58.9 Å². The van der Waals surface area contributed by atoms with Crippen LogP contribution in [-0.2, 0) is 6.54 Å². The Morgan fingerprint density at radius 3 is 2.38 bits per heavy atom. The van der Waals surface area contributed by atoms with Gasteiger partial charge in [0, 0.05) is 17.6 Å². The second kappa shape index (κ2) is 6.46. The minimum absolute atomic E-state index is 0.00450. The van der Waals surface area contributed by atoms with Crippen molar-refractivity contribution < 1.29 is 9.13 Å². The van der Waals surface area contributed by atoms with Crippen LogP contribution in [0.3, 0.4) is 0 Å². The minimum Gasteiger partial charge on any atom is -0.455 e. The van der Waals surface area contributed by atoms with E-state index in [0.29, 0.717) is 23.1 Å². The zero-order valence-corrected chi connectivity index (χ0v) is 13.2. The predicted octanol–water partition coefficient (Wildman–Crippen LogP) is 5.16. The van der Waals surface area contributed by atoms with Gasteiger partial charge in [-0.2, -0.15) is 0 Å². The number of nitrogens with one attached hydrogen (secondary N) is 1. The molecule has 0 unspecified atom stereocenters. The minimum atomic E-state index is -0.295. The zero-order valence-electron chi connectivity index (χ0n) is 12.4. The molecule has 0 spiro atoms. The Kier molecular flexibility index (Phi) is 4.86. The summed E-state index contributed by atoms with van der Waals surface area (Å²) < 4.78 is 18.8. The van der Waals surface area contributed by atoms with E-state index in [4.69, 9.17) is 16.3 Å². The van der Waals surface area contributed by atoms with Crippen LogP contribution < -0.4 is 10.1 Å². The molecular weight excluding hydrogens is 289 g/mol. The fraction of sp³-hybridized carbons (Fsp3) is 0.294. The summed E-state index contributed by atoms with van der Waals surface area (Å²) in [6, 6.07) is 11.5. The van der Waals surface area contributed by atoms with Gasteiger partial charge in [0.25, 0.3) is 0 Å². The summed E-state index contributed by atoms with van der Waals surface area (Å²) in [5.74, 6) is 0.861. The van der Waals surface area contributed by atoms with Gasteiger partial charge in [-0.1, -0.05) is 23.7 Å². The first-order chi connectivity index (χ1) is 9.85. The highest BCUT2D eigenvalue weighted by Crippen LogP contribution is 2.33. The lowest BCUT2D eigenvalue weighted by Gasteiger charge is -2.22. The maximum absolute atomic E-state index is 12.9. The zero-order chi connectivity index (χ0) is 15.5. The molecule has 0 aliphatic rings. The van der Waals surface area contributed by atoms with Gasteiger partial charge in [-0.25, -0.2) is 4.39 Å². The first-order valence-electron chi connectivity index (χ1n) is 6.81. The summed E-state index contributed by atoms with van der Waals surface area (Å²) in [6.07, 6.45) is 0. The molecule has 0 aliphatic carbocycles. The molecule has 2 aromatic carbocycles. The van der Waals surface area contributed by atoms with Crippen molar-refractivity contribution in [2.24, 2.45) is 0 Å². The number of benzene rings is 2. The molecule has 2 nitrogen and oxygen atoms in total. The van der Waals surface area contributed by atoms with Crippen LogP contribution in [0.25, 0.3) is 0 Å². The van der Waals surface area contributed by atoms with Crippen LogP contribution in [0, 0.1) is 5.82 Å². The van der Waals surface area contributed by atoms with Gasteiger partial charge in [0.1, 0.15) is 17.3 Å². The molecule has 2 rings (SSSR count). The van der Waals surface area contributed by atoms with Crippen molar-refractivity contribution in [2.75, 3.05) is 0 Å². The SMILES string of the molecule is CC(C)(C)NCc1cccc(Cl)c1Oc1ccc(F)cc1. The predicted molar refractivity (Wildman–Crippen MR) is 84.5 cm³/mol. The monoisotopic (exact) mass is 307 g/mol. The number of para-hydroxylation sites is 1. The largest absolute Gasteiger partial charge is 0.455 e. The third-order valence-electron chi connectivity index (χ3n) is 2.89. The molecule has 0 saturated heterocycles. The third kappa shape index (κ3) is 4.73. The van der Waals surface area contributed by atoms with E-state index in [1.165, 1.54) is 12.1 Å². The van der Waals surface area contributed by atoms with Crippen molar-refractivity contribution in [1.82, 2.24) is 5.32 Å². The summed E-state index contributed by atoms with van der Waals surface area (Å²) in [6.45, 7) is 6.93. The molecule has 0 saturated carbocycles. The molecule has 0 aromatic heterocycles. The van der Waals surface area contributed by atoms with E-state index in [-0.39, 0.29) is 11.4 Å². The Labute approximate surface area is 129 Å².